The number of benzene rings is 2. The summed E-state index contributed by atoms with van der Waals surface area (Å²) in [5.41, 5.74) is 1.91. The van der Waals surface area contributed by atoms with E-state index in [0.29, 0.717) is 6.54 Å². The Morgan fingerprint density at radius 3 is 2.21 bits per heavy atom. The highest BCUT2D eigenvalue weighted by Crippen LogP contribution is 2.19. The standard InChI is InChI=1S/C19H21ClN2O2/c1-24-18-8-2-15(3-9-18)19(23)14-21-10-12-22(13-11-21)17-6-4-16(20)5-7-17/h2-9H,10-14H2,1H3. The predicted molar refractivity (Wildman–Crippen MR) is 97.4 cm³/mol. The van der Waals surface area contributed by atoms with Crippen LogP contribution >= 0.6 is 11.6 Å². The zero-order chi connectivity index (χ0) is 16.9. The number of ketones is 1. The first-order valence-electron chi connectivity index (χ1n) is 8.06. The summed E-state index contributed by atoms with van der Waals surface area (Å²) in [4.78, 5) is 16.9. The minimum absolute atomic E-state index is 0.151. The van der Waals surface area contributed by atoms with E-state index in [1.165, 1.54) is 5.69 Å². The number of carbonyl (C=O) groups is 1. The molecule has 0 atom stereocenters. The van der Waals surface area contributed by atoms with Gasteiger partial charge in [0.2, 0.25) is 0 Å². The minimum Gasteiger partial charge on any atom is -0.497 e. The van der Waals surface area contributed by atoms with Crippen LogP contribution in [0, 0.1) is 0 Å². The number of Topliss-reactive ketones (excluding diaryl/α,β-unsaturated/α-hetero) is 1. The second kappa shape index (κ2) is 7.69. The molecule has 3 rings (SSSR count). The molecule has 0 radical (unpaired) electrons. The molecule has 0 spiro atoms. The summed E-state index contributed by atoms with van der Waals surface area (Å²) in [6.45, 7) is 4.05. The van der Waals surface area contributed by atoms with Crippen LogP contribution in [0.5, 0.6) is 5.75 Å². The maximum Gasteiger partial charge on any atom is 0.176 e. The van der Waals surface area contributed by atoms with Crippen LogP contribution in [0.25, 0.3) is 0 Å². The normalized spacial score (nSPS) is 15.3. The number of halogens is 1. The molecule has 1 fully saturated rings. The number of hydrogen-bond acceptors (Lipinski definition) is 4. The highest BCUT2D eigenvalue weighted by Gasteiger charge is 2.19. The summed E-state index contributed by atoms with van der Waals surface area (Å²) in [6.07, 6.45) is 0. The van der Waals surface area contributed by atoms with Crippen LogP contribution in [0.1, 0.15) is 10.4 Å². The first-order valence-corrected chi connectivity index (χ1v) is 8.43. The lowest BCUT2D eigenvalue weighted by molar-refractivity contribution is 0.0926. The maximum absolute atomic E-state index is 12.4. The third-order valence-corrected chi connectivity index (χ3v) is 4.60. The summed E-state index contributed by atoms with van der Waals surface area (Å²) in [5.74, 6) is 0.917. The summed E-state index contributed by atoms with van der Waals surface area (Å²) < 4.78 is 5.12. The van der Waals surface area contributed by atoms with Crippen LogP contribution < -0.4 is 9.64 Å². The molecule has 0 amide bonds. The van der Waals surface area contributed by atoms with E-state index in [2.05, 4.69) is 9.80 Å². The molecular weight excluding hydrogens is 324 g/mol. The van der Waals surface area contributed by atoms with Crippen molar-refractivity contribution in [2.24, 2.45) is 0 Å². The Balaban J connectivity index is 1.52. The van der Waals surface area contributed by atoms with Crippen LogP contribution in [-0.4, -0.2) is 50.5 Å². The lowest BCUT2D eigenvalue weighted by atomic mass is 10.1. The van der Waals surface area contributed by atoms with Gasteiger partial charge in [0, 0.05) is 42.5 Å². The number of anilines is 1. The van der Waals surface area contributed by atoms with Crippen LogP contribution in [0.2, 0.25) is 5.02 Å². The average Bonchev–Trinajstić information content (AvgIpc) is 2.63. The highest BCUT2D eigenvalue weighted by molar-refractivity contribution is 6.30. The van der Waals surface area contributed by atoms with E-state index in [4.69, 9.17) is 16.3 Å². The van der Waals surface area contributed by atoms with Crippen LogP contribution in [0.4, 0.5) is 5.69 Å². The van der Waals surface area contributed by atoms with Gasteiger partial charge in [0.1, 0.15) is 5.75 Å². The topological polar surface area (TPSA) is 32.8 Å². The van der Waals surface area contributed by atoms with Gasteiger partial charge in [-0.15, -0.1) is 0 Å². The largest absolute Gasteiger partial charge is 0.497 e. The Bertz CT molecular complexity index is 678. The van der Waals surface area contributed by atoms with Gasteiger partial charge in [-0.1, -0.05) is 11.6 Å². The smallest absolute Gasteiger partial charge is 0.176 e. The highest BCUT2D eigenvalue weighted by atomic mass is 35.5. The van der Waals surface area contributed by atoms with Crippen molar-refractivity contribution in [3.63, 3.8) is 0 Å². The molecule has 2 aromatic rings. The van der Waals surface area contributed by atoms with E-state index in [1.54, 1.807) is 7.11 Å². The molecular formula is C19H21ClN2O2. The van der Waals surface area contributed by atoms with Gasteiger partial charge in [0.25, 0.3) is 0 Å². The molecule has 0 saturated carbocycles. The Labute approximate surface area is 147 Å². The summed E-state index contributed by atoms with van der Waals surface area (Å²) >= 11 is 5.94. The van der Waals surface area contributed by atoms with Crippen molar-refractivity contribution < 1.29 is 9.53 Å². The van der Waals surface area contributed by atoms with E-state index >= 15 is 0 Å². The number of hydrogen-bond donors (Lipinski definition) is 0. The van der Waals surface area contributed by atoms with Gasteiger partial charge in [-0.3, -0.25) is 9.69 Å². The first-order chi connectivity index (χ1) is 11.7. The number of rotatable bonds is 5. The van der Waals surface area contributed by atoms with E-state index in [9.17, 15) is 4.79 Å². The fourth-order valence-electron chi connectivity index (χ4n) is 2.89. The molecule has 1 aliphatic heterocycles. The van der Waals surface area contributed by atoms with Crippen molar-refractivity contribution in [3.05, 3.63) is 59.1 Å². The number of piperazine rings is 1. The third kappa shape index (κ3) is 4.08. The van der Waals surface area contributed by atoms with E-state index < -0.39 is 0 Å². The van der Waals surface area contributed by atoms with Crippen molar-refractivity contribution in [3.8, 4) is 5.75 Å². The zero-order valence-electron chi connectivity index (χ0n) is 13.7. The molecule has 1 heterocycles. The fraction of sp³-hybridized carbons (Fsp3) is 0.316. The van der Waals surface area contributed by atoms with Gasteiger partial charge in [-0.25, -0.2) is 0 Å². The Morgan fingerprint density at radius 2 is 1.62 bits per heavy atom. The number of carbonyl (C=O) groups excluding carboxylic acids is 1. The third-order valence-electron chi connectivity index (χ3n) is 4.34. The molecule has 0 aromatic heterocycles. The molecule has 2 aromatic carbocycles. The lowest BCUT2D eigenvalue weighted by Crippen LogP contribution is -2.48. The Hall–Kier alpha value is -2.04. The van der Waals surface area contributed by atoms with Gasteiger partial charge in [-0.2, -0.15) is 0 Å². The first kappa shape index (κ1) is 16.8. The lowest BCUT2D eigenvalue weighted by Gasteiger charge is -2.35. The quantitative estimate of drug-likeness (QED) is 0.779. The molecule has 0 unspecified atom stereocenters. The van der Waals surface area contributed by atoms with E-state index in [-0.39, 0.29) is 5.78 Å². The van der Waals surface area contributed by atoms with Crippen LogP contribution in [0.3, 0.4) is 0 Å². The molecule has 4 nitrogen and oxygen atoms in total. The van der Waals surface area contributed by atoms with Crippen molar-refractivity contribution in [1.29, 1.82) is 0 Å². The molecule has 5 heteroatoms. The summed E-state index contributed by atoms with van der Waals surface area (Å²) in [6, 6.07) is 15.2. The van der Waals surface area contributed by atoms with Gasteiger partial charge in [-0.05, 0) is 48.5 Å². The monoisotopic (exact) mass is 344 g/mol. The van der Waals surface area contributed by atoms with Gasteiger partial charge in [0.05, 0.1) is 13.7 Å². The second-order valence-electron chi connectivity index (χ2n) is 5.89. The minimum atomic E-state index is 0.151. The van der Waals surface area contributed by atoms with Crippen LogP contribution in [0.15, 0.2) is 48.5 Å². The molecule has 0 N–H and O–H groups in total. The Morgan fingerprint density at radius 1 is 1.00 bits per heavy atom. The van der Waals surface area contributed by atoms with Crippen molar-refractivity contribution in [2.75, 3.05) is 44.7 Å². The maximum atomic E-state index is 12.4. The fourth-order valence-corrected chi connectivity index (χ4v) is 3.01. The second-order valence-corrected chi connectivity index (χ2v) is 6.33. The van der Waals surface area contributed by atoms with Gasteiger partial charge in [0.15, 0.2) is 5.78 Å². The van der Waals surface area contributed by atoms with Crippen molar-refractivity contribution >= 4 is 23.1 Å². The SMILES string of the molecule is COc1ccc(C(=O)CN2CCN(c3ccc(Cl)cc3)CC2)cc1. The van der Waals surface area contributed by atoms with Crippen LogP contribution in [-0.2, 0) is 0 Å². The van der Waals surface area contributed by atoms with E-state index in [0.717, 1.165) is 42.5 Å². The van der Waals surface area contributed by atoms with E-state index in [1.807, 2.05) is 48.5 Å². The Kier molecular flexibility index (Phi) is 5.38. The van der Waals surface area contributed by atoms with Gasteiger partial charge >= 0.3 is 0 Å². The summed E-state index contributed by atoms with van der Waals surface area (Å²) in [5, 5.41) is 0.752. The average molecular weight is 345 g/mol. The molecule has 0 aliphatic carbocycles. The predicted octanol–water partition coefficient (Wildman–Crippen LogP) is 3.35. The molecule has 24 heavy (non-hydrogen) atoms. The molecule has 0 bridgehead atoms. The van der Waals surface area contributed by atoms with Crippen molar-refractivity contribution in [2.45, 2.75) is 0 Å². The van der Waals surface area contributed by atoms with Gasteiger partial charge < -0.3 is 9.64 Å². The summed E-state index contributed by atoms with van der Waals surface area (Å²) in [7, 11) is 1.62. The molecule has 1 aliphatic rings. The van der Waals surface area contributed by atoms with Crippen molar-refractivity contribution in [1.82, 2.24) is 4.90 Å². The number of nitrogens with zero attached hydrogens (tertiary/aromatic N) is 2. The molecule has 1 saturated heterocycles. The number of methoxy groups -OCH3 is 1. The number of ether oxygens (including phenoxy) is 1. The zero-order valence-corrected chi connectivity index (χ0v) is 14.5. The molecule has 126 valence electrons.